The van der Waals surface area contributed by atoms with Crippen LogP contribution in [0.25, 0.3) is 6.08 Å². The van der Waals surface area contributed by atoms with Gasteiger partial charge in [0.05, 0.1) is 12.1 Å². The first-order chi connectivity index (χ1) is 10.1. The molecule has 0 saturated heterocycles. The number of carbonyl (C=O) groups excluding carboxylic acids is 1. The van der Waals surface area contributed by atoms with Crippen molar-refractivity contribution in [3.63, 3.8) is 0 Å². The second-order valence-corrected chi connectivity index (χ2v) is 5.03. The fraction of sp³-hybridized carbons (Fsp3) is 0.0714. The van der Waals surface area contributed by atoms with Crippen molar-refractivity contribution in [1.29, 1.82) is 0 Å². The predicted molar refractivity (Wildman–Crippen MR) is 76.4 cm³/mol. The molecule has 0 aliphatic heterocycles. The van der Waals surface area contributed by atoms with Gasteiger partial charge in [-0.25, -0.2) is 9.18 Å². The van der Waals surface area contributed by atoms with Crippen LogP contribution >= 0.6 is 11.3 Å². The molecule has 1 aromatic carbocycles. The summed E-state index contributed by atoms with van der Waals surface area (Å²) in [5.41, 5.74) is 1.94. The number of hydrogen-bond donors (Lipinski definition) is 2. The van der Waals surface area contributed by atoms with Crippen LogP contribution in [0.3, 0.4) is 0 Å². The van der Waals surface area contributed by atoms with Gasteiger partial charge in [-0.1, -0.05) is 6.07 Å². The highest BCUT2D eigenvalue weighted by atomic mass is 32.1. The molecule has 0 radical (unpaired) electrons. The maximum atomic E-state index is 13.7. The van der Waals surface area contributed by atoms with E-state index in [2.05, 4.69) is 10.3 Å². The van der Waals surface area contributed by atoms with Crippen LogP contribution in [0.2, 0.25) is 0 Å². The van der Waals surface area contributed by atoms with E-state index in [4.69, 9.17) is 5.11 Å². The van der Waals surface area contributed by atoms with Crippen LogP contribution in [0.1, 0.15) is 20.8 Å². The third-order valence-corrected chi connectivity index (χ3v) is 3.35. The normalized spacial score (nSPS) is 10.7. The minimum atomic E-state index is -1.17. The van der Waals surface area contributed by atoms with E-state index in [-0.39, 0.29) is 11.1 Å². The molecule has 1 aromatic heterocycles. The minimum Gasteiger partial charge on any atom is -0.478 e. The fourth-order valence-electron chi connectivity index (χ4n) is 1.56. The van der Waals surface area contributed by atoms with E-state index >= 15 is 0 Å². The molecule has 0 aliphatic carbocycles. The van der Waals surface area contributed by atoms with E-state index in [1.54, 1.807) is 11.7 Å². The van der Waals surface area contributed by atoms with E-state index in [1.807, 2.05) is 0 Å². The van der Waals surface area contributed by atoms with Crippen molar-refractivity contribution in [3.05, 3.63) is 57.8 Å². The van der Waals surface area contributed by atoms with Gasteiger partial charge in [-0.2, -0.15) is 0 Å². The van der Waals surface area contributed by atoms with Crippen LogP contribution in [-0.2, 0) is 11.3 Å². The van der Waals surface area contributed by atoms with Gasteiger partial charge in [0.25, 0.3) is 5.91 Å². The molecule has 1 amide bonds. The Bertz CT molecular complexity index is 684. The number of hydrogen-bond acceptors (Lipinski definition) is 4. The Balaban J connectivity index is 2.05. The van der Waals surface area contributed by atoms with Gasteiger partial charge < -0.3 is 10.4 Å². The number of carboxylic acids is 1. The molecule has 2 aromatic rings. The van der Waals surface area contributed by atoms with Crippen molar-refractivity contribution < 1.29 is 19.1 Å². The number of nitrogens with one attached hydrogen (secondary N) is 1. The van der Waals surface area contributed by atoms with Gasteiger partial charge in [-0.15, -0.1) is 11.3 Å². The molecule has 108 valence electrons. The maximum absolute atomic E-state index is 13.7. The predicted octanol–water partition coefficient (Wildman–Crippen LogP) is 2.31. The maximum Gasteiger partial charge on any atom is 0.328 e. The Hall–Kier alpha value is -2.54. The lowest BCUT2D eigenvalue weighted by Gasteiger charge is -2.05. The molecule has 5 nitrogen and oxygen atoms in total. The summed E-state index contributed by atoms with van der Waals surface area (Å²) in [6, 6.07) is 3.87. The molecule has 0 fully saturated rings. The first-order valence-electron chi connectivity index (χ1n) is 5.92. The van der Waals surface area contributed by atoms with Crippen molar-refractivity contribution in [2.24, 2.45) is 0 Å². The zero-order chi connectivity index (χ0) is 15.2. The first kappa shape index (κ1) is 14.9. The minimum absolute atomic E-state index is 0.108. The van der Waals surface area contributed by atoms with Crippen LogP contribution in [0, 0.1) is 5.82 Å². The van der Waals surface area contributed by atoms with Crippen molar-refractivity contribution in [2.75, 3.05) is 0 Å². The van der Waals surface area contributed by atoms with Crippen LogP contribution in [0.4, 0.5) is 4.39 Å². The fourth-order valence-corrected chi connectivity index (χ4v) is 2.10. The number of thiazole rings is 1. The number of amides is 1. The topological polar surface area (TPSA) is 79.3 Å². The Morgan fingerprint density at radius 1 is 1.43 bits per heavy atom. The molecule has 0 saturated carbocycles. The number of halogens is 1. The number of carbonyl (C=O) groups is 2. The Morgan fingerprint density at radius 2 is 2.24 bits per heavy atom. The smallest absolute Gasteiger partial charge is 0.328 e. The first-order valence-corrected chi connectivity index (χ1v) is 6.80. The monoisotopic (exact) mass is 306 g/mol. The molecule has 2 rings (SSSR count). The summed E-state index contributed by atoms with van der Waals surface area (Å²) in [5, 5.41) is 11.1. The summed E-state index contributed by atoms with van der Waals surface area (Å²) >= 11 is 1.41. The number of aromatic nitrogens is 1. The van der Waals surface area contributed by atoms with E-state index in [9.17, 15) is 14.0 Å². The molecule has 0 bridgehead atoms. The van der Waals surface area contributed by atoms with Gasteiger partial charge in [-0.05, 0) is 18.2 Å². The van der Waals surface area contributed by atoms with Crippen molar-refractivity contribution in [1.82, 2.24) is 10.3 Å². The largest absolute Gasteiger partial charge is 0.478 e. The Morgan fingerprint density at radius 3 is 2.86 bits per heavy atom. The molecule has 7 heteroatoms. The van der Waals surface area contributed by atoms with Crippen LogP contribution in [0.5, 0.6) is 0 Å². The number of rotatable bonds is 5. The van der Waals surface area contributed by atoms with Gasteiger partial charge in [-0.3, -0.25) is 9.78 Å². The second-order valence-electron chi connectivity index (χ2n) is 4.06. The third-order valence-electron chi connectivity index (χ3n) is 2.57. The van der Waals surface area contributed by atoms with E-state index < -0.39 is 17.7 Å². The third kappa shape index (κ3) is 4.22. The quantitative estimate of drug-likeness (QED) is 0.831. The molecule has 0 aliphatic rings. The van der Waals surface area contributed by atoms with E-state index in [1.165, 1.54) is 23.5 Å². The molecular weight excluding hydrogens is 295 g/mol. The van der Waals surface area contributed by atoms with Crippen molar-refractivity contribution in [2.45, 2.75) is 6.54 Å². The molecule has 21 heavy (non-hydrogen) atoms. The average Bonchev–Trinajstić information content (AvgIpc) is 2.96. The molecular formula is C14H11FN2O3S. The summed E-state index contributed by atoms with van der Waals surface area (Å²) in [6.07, 6.45) is 3.62. The zero-order valence-corrected chi connectivity index (χ0v) is 11.6. The lowest BCUT2D eigenvalue weighted by Crippen LogP contribution is -2.22. The summed E-state index contributed by atoms with van der Waals surface area (Å²) in [7, 11) is 0. The molecule has 0 atom stereocenters. The van der Waals surface area contributed by atoms with Crippen LogP contribution < -0.4 is 5.32 Å². The standard InChI is InChI=1S/C14H11FN2O3S/c15-12-5-10(2-1-9(12)3-4-13(18)19)14(20)17-7-11-6-16-8-21-11/h1-6,8H,7H2,(H,17,20)(H,18,19)/b4-3+. The average molecular weight is 306 g/mol. The number of carboxylic acid groups (broad SMARTS) is 1. The molecule has 0 unspecified atom stereocenters. The van der Waals surface area contributed by atoms with Gasteiger partial charge in [0, 0.05) is 28.3 Å². The summed E-state index contributed by atoms with van der Waals surface area (Å²) in [5.74, 6) is -2.23. The van der Waals surface area contributed by atoms with Crippen LogP contribution in [-0.4, -0.2) is 22.0 Å². The summed E-state index contributed by atoms with van der Waals surface area (Å²) in [4.78, 5) is 27.0. The number of nitrogens with zero attached hydrogens (tertiary/aromatic N) is 1. The van der Waals surface area contributed by atoms with Gasteiger partial charge in [0.15, 0.2) is 0 Å². The summed E-state index contributed by atoms with van der Waals surface area (Å²) < 4.78 is 13.7. The summed E-state index contributed by atoms with van der Waals surface area (Å²) in [6.45, 7) is 0.325. The number of aliphatic carboxylic acids is 1. The van der Waals surface area contributed by atoms with E-state index in [0.717, 1.165) is 23.1 Å². The highest BCUT2D eigenvalue weighted by Gasteiger charge is 2.09. The van der Waals surface area contributed by atoms with Crippen molar-refractivity contribution in [3.8, 4) is 0 Å². The molecule has 2 N–H and O–H groups in total. The number of benzene rings is 1. The van der Waals surface area contributed by atoms with Gasteiger partial charge >= 0.3 is 5.97 Å². The zero-order valence-electron chi connectivity index (χ0n) is 10.7. The highest BCUT2D eigenvalue weighted by molar-refractivity contribution is 7.09. The molecule has 0 spiro atoms. The lowest BCUT2D eigenvalue weighted by atomic mass is 10.1. The van der Waals surface area contributed by atoms with Crippen molar-refractivity contribution >= 4 is 29.3 Å². The molecule has 1 heterocycles. The lowest BCUT2D eigenvalue weighted by molar-refractivity contribution is -0.131. The highest BCUT2D eigenvalue weighted by Crippen LogP contribution is 2.13. The Labute approximate surface area is 123 Å². The van der Waals surface area contributed by atoms with Gasteiger partial charge in [0.2, 0.25) is 0 Å². The second kappa shape index (κ2) is 6.76. The Kier molecular flexibility index (Phi) is 4.78. The van der Waals surface area contributed by atoms with Crippen LogP contribution in [0.15, 0.2) is 36.0 Å². The van der Waals surface area contributed by atoms with E-state index in [0.29, 0.717) is 6.54 Å². The van der Waals surface area contributed by atoms with Gasteiger partial charge in [0.1, 0.15) is 5.82 Å². The SMILES string of the molecule is O=C(O)/C=C/c1ccc(C(=O)NCc2cncs2)cc1F.